The fraction of sp³-hybridized carbons (Fsp3) is 1.00. The van der Waals surface area contributed by atoms with E-state index < -0.39 is 0 Å². The van der Waals surface area contributed by atoms with Crippen LogP contribution in [0, 0.1) is 5.92 Å². The number of morpholine rings is 1. The minimum atomic E-state index is 0.868. The summed E-state index contributed by atoms with van der Waals surface area (Å²) in [5.74, 6) is 0.898. The Hall–Kier alpha value is -0.160. The number of hydrogen-bond acceptors (Lipinski definition) is 4. The normalized spacial score (nSPS) is 31.0. The second-order valence-electron chi connectivity index (χ2n) is 6.09. The molecule has 1 unspecified atom stereocenters. The van der Waals surface area contributed by atoms with Gasteiger partial charge in [0.2, 0.25) is 0 Å². The highest BCUT2D eigenvalue weighted by molar-refractivity contribution is 4.84. The monoisotopic (exact) mass is 253 g/mol. The molecule has 0 radical (unpaired) electrons. The summed E-state index contributed by atoms with van der Waals surface area (Å²) in [5, 5.41) is 3.67. The molecule has 4 heteroatoms. The highest BCUT2D eigenvalue weighted by atomic mass is 16.5. The maximum Gasteiger partial charge on any atom is 0.0594 e. The first-order valence-electron chi connectivity index (χ1n) is 7.66. The molecule has 1 aliphatic carbocycles. The Morgan fingerprint density at radius 3 is 2.50 bits per heavy atom. The van der Waals surface area contributed by atoms with Crippen molar-refractivity contribution in [3.05, 3.63) is 0 Å². The van der Waals surface area contributed by atoms with Gasteiger partial charge >= 0.3 is 0 Å². The van der Waals surface area contributed by atoms with Crippen molar-refractivity contribution in [1.82, 2.24) is 15.1 Å². The summed E-state index contributed by atoms with van der Waals surface area (Å²) < 4.78 is 5.39. The molecule has 0 aromatic heterocycles. The third-order valence-corrected chi connectivity index (χ3v) is 4.48. The van der Waals surface area contributed by atoms with Gasteiger partial charge in [0.25, 0.3) is 0 Å². The summed E-state index contributed by atoms with van der Waals surface area (Å²) in [7, 11) is 0. The van der Waals surface area contributed by atoms with Crippen LogP contribution in [0.15, 0.2) is 0 Å². The van der Waals surface area contributed by atoms with E-state index in [4.69, 9.17) is 4.74 Å². The van der Waals surface area contributed by atoms with Crippen LogP contribution in [-0.2, 0) is 4.74 Å². The van der Waals surface area contributed by atoms with Crippen LogP contribution in [0.3, 0.4) is 0 Å². The van der Waals surface area contributed by atoms with Crippen LogP contribution in [0.1, 0.15) is 19.3 Å². The quantitative estimate of drug-likeness (QED) is 0.741. The molecule has 3 aliphatic rings. The molecule has 0 amide bonds. The molecule has 4 nitrogen and oxygen atoms in total. The van der Waals surface area contributed by atoms with Crippen molar-refractivity contribution in [3.63, 3.8) is 0 Å². The highest BCUT2D eigenvalue weighted by Crippen LogP contribution is 2.21. The van der Waals surface area contributed by atoms with E-state index in [1.807, 2.05) is 0 Å². The number of nitrogens with zero attached hydrogens (tertiary/aromatic N) is 2. The largest absolute Gasteiger partial charge is 0.379 e. The first kappa shape index (κ1) is 12.9. The second-order valence-corrected chi connectivity index (χ2v) is 6.09. The Balaban J connectivity index is 1.29. The van der Waals surface area contributed by atoms with Gasteiger partial charge in [0.1, 0.15) is 0 Å². The van der Waals surface area contributed by atoms with Gasteiger partial charge < -0.3 is 15.0 Å². The van der Waals surface area contributed by atoms with Gasteiger partial charge in [0.15, 0.2) is 0 Å². The molecular formula is C14H27N3O. The lowest BCUT2D eigenvalue weighted by Crippen LogP contribution is -2.41. The van der Waals surface area contributed by atoms with Crippen molar-refractivity contribution < 1.29 is 4.74 Å². The average molecular weight is 253 g/mol. The average Bonchev–Trinajstić information content (AvgIpc) is 3.14. The van der Waals surface area contributed by atoms with Crippen molar-refractivity contribution >= 4 is 0 Å². The third-order valence-electron chi connectivity index (χ3n) is 4.48. The number of rotatable bonds is 6. The maximum absolute atomic E-state index is 5.39. The Morgan fingerprint density at radius 1 is 0.944 bits per heavy atom. The minimum Gasteiger partial charge on any atom is -0.379 e. The zero-order valence-corrected chi connectivity index (χ0v) is 11.4. The lowest BCUT2D eigenvalue weighted by atomic mass is 10.1. The molecule has 0 aromatic carbocycles. The standard InChI is InChI=1S/C14H27N3O/c1-2-14(1)15-11-13-3-4-17(12-13)6-5-16-7-9-18-10-8-16/h13-15H,1-12H2. The van der Waals surface area contributed by atoms with Gasteiger partial charge in [-0.15, -0.1) is 0 Å². The van der Waals surface area contributed by atoms with Gasteiger partial charge in [0.05, 0.1) is 13.2 Å². The fourth-order valence-corrected chi connectivity index (χ4v) is 3.01. The molecule has 0 spiro atoms. The van der Waals surface area contributed by atoms with E-state index in [2.05, 4.69) is 15.1 Å². The van der Waals surface area contributed by atoms with Gasteiger partial charge in [-0.3, -0.25) is 4.90 Å². The van der Waals surface area contributed by atoms with E-state index in [0.29, 0.717) is 0 Å². The van der Waals surface area contributed by atoms with Gasteiger partial charge in [-0.1, -0.05) is 0 Å². The Morgan fingerprint density at radius 2 is 1.72 bits per heavy atom. The van der Waals surface area contributed by atoms with Crippen molar-refractivity contribution in [2.45, 2.75) is 25.3 Å². The smallest absolute Gasteiger partial charge is 0.0594 e. The van der Waals surface area contributed by atoms with Crippen LogP contribution in [0.2, 0.25) is 0 Å². The highest BCUT2D eigenvalue weighted by Gasteiger charge is 2.26. The van der Waals surface area contributed by atoms with E-state index in [1.54, 1.807) is 0 Å². The Labute approximate surface area is 111 Å². The van der Waals surface area contributed by atoms with Crippen molar-refractivity contribution in [3.8, 4) is 0 Å². The number of likely N-dealkylation sites (tertiary alicyclic amines) is 1. The van der Waals surface area contributed by atoms with Crippen molar-refractivity contribution in [2.75, 3.05) is 59.0 Å². The van der Waals surface area contributed by atoms with E-state index >= 15 is 0 Å². The van der Waals surface area contributed by atoms with E-state index in [0.717, 1.165) is 38.3 Å². The van der Waals surface area contributed by atoms with E-state index in [9.17, 15) is 0 Å². The van der Waals surface area contributed by atoms with Gasteiger partial charge in [-0.05, 0) is 38.3 Å². The van der Waals surface area contributed by atoms with Crippen LogP contribution in [0.25, 0.3) is 0 Å². The predicted molar refractivity (Wildman–Crippen MR) is 72.8 cm³/mol. The molecule has 2 heterocycles. The molecule has 3 rings (SSSR count). The molecule has 0 aromatic rings. The Bertz CT molecular complexity index is 251. The van der Waals surface area contributed by atoms with Crippen LogP contribution in [-0.4, -0.2) is 74.9 Å². The zero-order chi connectivity index (χ0) is 12.2. The topological polar surface area (TPSA) is 27.7 Å². The van der Waals surface area contributed by atoms with Gasteiger partial charge in [0, 0.05) is 38.8 Å². The molecule has 104 valence electrons. The molecule has 1 atom stereocenters. The Kier molecular flexibility index (Phi) is 4.52. The van der Waals surface area contributed by atoms with E-state index in [1.165, 1.54) is 52.0 Å². The van der Waals surface area contributed by atoms with Crippen molar-refractivity contribution in [2.24, 2.45) is 5.92 Å². The fourth-order valence-electron chi connectivity index (χ4n) is 3.01. The summed E-state index contributed by atoms with van der Waals surface area (Å²) in [6.07, 6.45) is 4.21. The number of ether oxygens (including phenoxy) is 1. The predicted octanol–water partition coefficient (Wildman–Crippen LogP) is 0.393. The molecule has 1 saturated carbocycles. The summed E-state index contributed by atoms with van der Waals surface area (Å²) in [4.78, 5) is 5.19. The van der Waals surface area contributed by atoms with Crippen LogP contribution in [0.5, 0.6) is 0 Å². The molecule has 2 aliphatic heterocycles. The summed E-state index contributed by atoms with van der Waals surface area (Å²) in [6.45, 7) is 10.4. The zero-order valence-electron chi connectivity index (χ0n) is 11.4. The first-order chi connectivity index (χ1) is 8.90. The van der Waals surface area contributed by atoms with Crippen molar-refractivity contribution in [1.29, 1.82) is 0 Å². The molecule has 3 fully saturated rings. The van der Waals surface area contributed by atoms with Crippen LogP contribution in [0.4, 0.5) is 0 Å². The van der Waals surface area contributed by atoms with Gasteiger partial charge in [-0.25, -0.2) is 0 Å². The number of nitrogens with one attached hydrogen (secondary N) is 1. The molecule has 2 saturated heterocycles. The van der Waals surface area contributed by atoms with E-state index in [-0.39, 0.29) is 0 Å². The molecule has 0 bridgehead atoms. The SMILES string of the molecule is C1CN(CCN2CCC(CNC3CC3)C2)CCO1. The van der Waals surface area contributed by atoms with Gasteiger partial charge in [-0.2, -0.15) is 0 Å². The third kappa shape index (κ3) is 3.92. The second kappa shape index (κ2) is 6.33. The number of hydrogen-bond donors (Lipinski definition) is 1. The lowest BCUT2D eigenvalue weighted by Gasteiger charge is -2.28. The first-order valence-corrected chi connectivity index (χ1v) is 7.66. The maximum atomic E-state index is 5.39. The summed E-state index contributed by atoms with van der Waals surface area (Å²) in [6, 6.07) is 0.868. The molecule has 18 heavy (non-hydrogen) atoms. The summed E-state index contributed by atoms with van der Waals surface area (Å²) >= 11 is 0. The minimum absolute atomic E-state index is 0.868. The van der Waals surface area contributed by atoms with Crippen LogP contribution >= 0.6 is 0 Å². The summed E-state index contributed by atoms with van der Waals surface area (Å²) in [5.41, 5.74) is 0. The van der Waals surface area contributed by atoms with Crippen LogP contribution < -0.4 is 5.32 Å². The lowest BCUT2D eigenvalue weighted by molar-refractivity contribution is 0.0342. The molecule has 1 N–H and O–H groups in total. The molecular weight excluding hydrogens is 226 g/mol.